The van der Waals surface area contributed by atoms with E-state index < -0.39 is 6.10 Å². The van der Waals surface area contributed by atoms with Gasteiger partial charge in [0.25, 0.3) is 11.1 Å². The molecule has 1 atom stereocenters. The van der Waals surface area contributed by atoms with Crippen molar-refractivity contribution in [1.82, 2.24) is 15.5 Å². The van der Waals surface area contributed by atoms with Crippen LogP contribution in [0.15, 0.2) is 33.9 Å². The molecule has 0 saturated heterocycles. The number of hydrogen-bond donors (Lipinski definition) is 1. The summed E-state index contributed by atoms with van der Waals surface area (Å²) < 4.78 is 23.9. The molecule has 1 N–H and O–H groups in total. The smallest absolute Gasteiger partial charge is 0.277 e. The number of nitrogens with one attached hydrogen (secondary N) is 1. The highest BCUT2D eigenvalue weighted by Crippen LogP contribution is 2.23. The van der Waals surface area contributed by atoms with Gasteiger partial charge in [-0.2, -0.15) is 0 Å². The molecule has 0 radical (unpaired) electrons. The number of aromatic nitrogens is 2. The fraction of sp³-hybridized carbons (Fsp3) is 0.400. The third-order valence-electron chi connectivity index (χ3n) is 2.80. The maximum atomic E-state index is 12.8. The first-order valence-electron chi connectivity index (χ1n) is 7.23. The van der Waals surface area contributed by atoms with E-state index in [1.807, 2.05) is 6.92 Å². The van der Waals surface area contributed by atoms with Gasteiger partial charge in [0.15, 0.2) is 6.10 Å². The van der Waals surface area contributed by atoms with Gasteiger partial charge < -0.3 is 14.5 Å². The lowest BCUT2D eigenvalue weighted by Crippen LogP contribution is -2.25. The Morgan fingerprint density at radius 2 is 2.13 bits per heavy atom. The fourth-order valence-electron chi connectivity index (χ4n) is 1.65. The lowest BCUT2D eigenvalue weighted by molar-refractivity contribution is -0.118. The van der Waals surface area contributed by atoms with E-state index in [0.717, 1.165) is 6.42 Å². The monoisotopic (exact) mass is 339 g/mol. The lowest BCUT2D eigenvalue weighted by atomic mass is 10.3. The molecule has 1 aromatic carbocycles. The first-order valence-corrected chi connectivity index (χ1v) is 8.22. The number of thioether (sulfide) groups is 1. The van der Waals surface area contributed by atoms with Crippen LogP contribution < -0.4 is 10.1 Å². The van der Waals surface area contributed by atoms with E-state index in [9.17, 15) is 9.18 Å². The van der Waals surface area contributed by atoms with E-state index in [2.05, 4.69) is 15.5 Å². The van der Waals surface area contributed by atoms with Crippen LogP contribution in [0, 0.1) is 5.82 Å². The summed E-state index contributed by atoms with van der Waals surface area (Å²) >= 11 is 1.17. The molecule has 8 heteroatoms. The van der Waals surface area contributed by atoms with Gasteiger partial charge in [-0.25, -0.2) is 4.39 Å². The first-order chi connectivity index (χ1) is 11.1. The highest BCUT2D eigenvalue weighted by atomic mass is 32.2. The molecule has 0 bridgehead atoms. The van der Waals surface area contributed by atoms with E-state index in [-0.39, 0.29) is 17.5 Å². The van der Waals surface area contributed by atoms with Gasteiger partial charge in [-0.1, -0.05) is 18.7 Å². The number of ether oxygens (including phenoxy) is 1. The first kappa shape index (κ1) is 17.3. The summed E-state index contributed by atoms with van der Waals surface area (Å²) in [4.78, 5) is 11.5. The third-order valence-corrected chi connectivity index (χ3v) is 3.61. The molecular formula is C15H18FN3O3S. The zero-order valence-corrected chi connectivity index (χ0v) is 13.7. The number of benzene rings is 1. The van der Waals surface area contributed by atoms with Gasteiger partial charge in [0.1, 0.15) is 11.6 Å². The summed E-state index contributed by atoms with van der Waals surface area (Å²) in [6.45, 7) is 4.39. The molecule has 1 aromatic heterocycles. The second kappa shape index (κ2) is 8.52. The van der Waals surface area contributed by atoms with Crippen LogP contribution in [0.4, 0.5) is 4.39 Å². The minimum absolute atomic E-state index is 0.0767. The normalized spacial score (nSPS) is 12.0. The Morgan fingerprint density at radius 3 is 2.83 bits per heavy atom. The van der Waals surface area contributed by atoms with Gasteiger partial charge in [0.05, 0.1) is 5.75 Å². The van der Waals surface area contributed by atoms with Crippen molar-refractivity contribution >= 4 is 17.7 Å². The van der Waals surface area contributed by atoms with Gasteiger partial charge >= 0.3 is 0 Å². The van der Waals surface area contributed by atoms with E-state index in [4.69, 9.17) is 9.15 Å². The van der Waals surface area contributed by atoms with E-state index in [1.165, 1.54) is 36.0 Å². The van der Waals surface area contributed by atoms with Crippen molar-refractivity contribution < 1.29 is 18.3 Å². The number of amides is 1. The molecule has 124 valence electrons. The third kappa shape index (κ3) is 5.55. The summed E-state index contributed by atoms with van der Waals surface area (Å²) in [5.41, 5.74) is 0. The van der Waals surface area contributed by atoms with Crippen LogP contribution in [0.25, 0.3) is 0 Å². The summed E-state index contributed by atoms with van der Waals surface area (Å²) in [5, 5.41) is 10.8. The number of carbonyl (C=O) groups is 1. The van der Waals surface area contributed by atoms with E-state index in [0.29, 0.717) is 23.4 Å². The van der Waals surface area contributed by atoms with Crippen molar-refractivity contribution in [3.8, 4) is 5.75 Å². The second-order valence-corrected chi connectivity index (χ2v) is 5.69. The average molecular weight is 339 g/mol. The van der Waals surface area contributed by atoms with Crippen LogP contribution in [-0.2, 0) is 4.79 Å². The average Bonchev–Trinajstić information content (AvgIpc) is 3.02. The molecular weight excluding hydrogens is 321 g/mol. The second-order valence-electron chi connectivity index (χ2n) is 4.76. The van der Waals surface area contributed by atoms with Crippen LogP contribution in [-0.4, -0.2) is 28.4 Å². The zero-order chi connectivity index (χ0) is 16.7. The number of nitrogens with zero attached hydrogens (tertiary/aromatic N) is 2. The fourth-order valence-corrected chi connectivity index (χ4v) is 2.25. The van der Waals surface area contributed by atoms with E-state index >= 15 is 0 Å². The molecule has 23 heavy (non-hydrogen) atoms. The summed E-state index contributed by atoms with van der Waals surface area (Å²) in [6, 6.07) is 5.67. The Kier molecular flexibility index (Phi) is 6.40. The van der Waals surface area contributed by atoms with Crippen LogP contribution in [0.1, 0.15) is 32.3 Å². The number of carbonyl (C=O) groups excluding carboxylic acids is 1. The van der Waals surface area contributed by atoms with E-state index in [1.54, 1.807) is 6.92 Å². The van der Waals surface area contributed by atoms with Crippen LogP contribution in [0.3, 0.4) is 0 Å². The van der Waals surface area contributed by atoms with Gasteiger partial charge in [-0.3, -0.25) is 4.79 Å². The van der Waals surface area contributed by atoms with Gasteiger partial charge in [-0.05, 0) is 37.6 Å². The number of rotatable bonds is 8. The lowest BCUT2D eigenvalue weighted by Gasteiger charge is -2.10. The molecule has 6 nitrogen and oxygen atoms in total. The highest BCUT2D eigenvalue weighted by Gasteiger charge is 2.16. The minimum Gasteiger partial charge on any atom is -0.481 e. The van der Waals surface area contributed by atoms with Crippen LogP contribution in [0.2, 0.25) is 0 Å². The van der Waals surface area contributed by atoms with Crippen molar-refractivity contribution in [3.63, 3.8) is 0 Å². The summed E-state index contributed by atoms with van der Waals surface area (Å²) in [7, 11) is 0. The van der Waals surface area contributed by atoms with Crippen LogP contribution in [0.5, 0.6) is 5.75 Å². The molecule has 0 aliphatic heterocycles. The molecule has 0 aliphatic carbocycles. The van der Waals surface area contributed by atoms with Crippen molar-refractivity contribution in [1.29, 1.82) is 0 Å². The molecule has 0 spiro atoms. The Balaban J connectivity index is 1.85. The zero-order valence-electron chi connectivity index (χ0n) is 12.9. The highest BCUT2D eigenvalue weighted by molar-refractivity contribution is 7.99. The predicted octanol–water partition coefficient (Wildman–Crippen LogP) is 2.97. The van der Waals surface area contributed by atoms with Crippen LogP contribution >= 0.6 is 11.8 Å². The van der Waals surface area contributed by atoms with Crippen molar-refractivity contribution in [2.45, 2.75) is 31.6 Å². The SMILES string of the molecule is CCCNC(=O)CSc1nnc([C@@H](C)Oc2ccc(F)cc2)o1. The van der Waals surface area contributed by atoms with Crippen molar-refractivity contribution in [2.24, 2.45) is 0 Å². The molecule has 1 amide bonds. The molecule has 2 aromatic rings. The molecule has 0 fully saturated rings. The quantitative estimate of drug-likeness (QED) is 0.745. The Labute approximate surface area is 137 Å². The summed E-state index contributed by atoms with van der Waals surface area (Å²) in [5.74, 6) is 0.612. The van der Waals surface area contributed by atoms with Crippen molar-refractivity contribution in [2.75, 3.05) is 12.3 Å². The topological polar surface area (TPSA) is 77.2 Å². The molecule has 0 saturated carbocycles. The minimum atomic E-state index is -0.476. The Bertz CT molecular complexity index is 633. The maximum absolute atomic E-state index is 12.8. The predicted molar refractivity (Wildman–Crippen MR) is 83.8 cm³/mol. The Hall–Kier alpha value is -2.09. The number of halogens is 1. The van der Waals surface area contributed by atoms with Gasteiger partial charge in [-0.15, -0.1) is 10.2 Å². The van der Waals surface area contributed by atoms with Gasteiger partial charge in [0, 0.05) is 6.54 Å². The summed E-state index contributed by atoms with van der Waals surface area (Å²) in [6.07, 6.45) is 0.413. The standard InChI is InChI=1S/C15H18FN3O3S/c1-3-8-17-13(20)9-23-15-19-18-14(22-15)10(2)21-12-6-4-11(16)5-7-12/h4-7,10H,3,8-9H2,1-2H3,(H,17,20)/t10-/m1/s1. The molecule has 0 unspecified atom stereocenters. The Morgan fingerprint density at radius 1 is 1.39 bits per heavy atom. The van der Waals surface area contributed by atoms with Crippen molar-refractivity contribution in [3.05, 3.63) is 36.0 Å². The molecule has 2 rings (SSSR count). The number of hydrogen-bond acceptors (Lipinski definition) is 6. The molecule has 1 heterocycles. The van der Waals surface area contributed by atoms with Gasteiger partial charge in [0.2, 0.25) is 5.91 Å². The molecule has 0 aliphatic rings. The largest absolute Gasteiger partial charge is 0.481 e. The maximum Gasteiger partial charge on any atom is 0.277 e.